The van der Waals surface area contributed by atoms with Gasteiger partial charge < -0.3 is 19.7 Å². The summed E-state index contributed by atoms with van der Waals surface area (Å²) in [7, 11) is 2.94. The Morgan fingerprint density at radius 2 is 1.64 bits per heavy atom. The molecular weight excluding hydrogens is 462 g/mol. The van der Waals surface area contributed by atoms with Gasteiger partial charge >= 0.3 is 5.97 Å². The van der Waals surface area contributed by atoms with Gasteiger partial charge in [-0.2, -0.15) is 0 Å². The fourth-order valence-electron chi connectivity index (χ4n) is 4.08. The van der Waals surface area contributed by atoms with E-state index < -0.39 is 29.5 Å². The maximum Gasteiger partial charge on any atom is 0.335 e. The minimum atomic E-state index is -1.18. The number of carbonyl (C=O) groups is 3. The second kappa shape index (κ2) is 10.2. The van der Waals surface area contributed by atoms with Crippen LogP contribution in [0.4, 0.5) is 5.69 Å². The quantitative estimate of drug-likeness (QED) is 0.449. The van der Waals surface area contributed by atoms with Crippen molar-refractivity contribution >= 4 is 29.4 Å². The van der Waals surface area contributed by atoms with Gasteiger partial charge in [-0.25, -0.2) is 4.79 Å². The van der Waals surface area contributed by atoms with Crippen LogP contribution in [0, 0.1) is 0 Å². The van der Waals surface area contributed by atoms with Crippen molar-refractivity contribution in [3.63, 3.8) is 0 Å². The van der Waals surface area contributed by atoms with E-state index in [1.54, 1.807) is 30.3 Å². The summed E-state index contributed by atoms with van der Waals surface area (Å²) in [5.74, 6) is -2.48. The average molecular weight is 485 g/mol. The van der Waals surface area contributed by atoms with Crippen LogP contribution in [0.3, 0.4) is 0 Å². The Kier molecular flexibility index (Phi) is 6.87. The summed E-state index contributed by atoms with van der Waals surface area (Å²) >= 11 is 0. The lowest BCUT2D eigenvalue weighted by Gasteiger charge is -2.27. The fourth-order valence-corrected chi connectivity index (χ4v) is 4.08. The topological polar surface area (TPSA) is 113 Å². The van der Waals surface area contributed by atoms with Crippen molar-refractivity contribution in [2.45, 2.75) is 6.04 Å². The van der Waals surface area contributed by atoms with Crippen molar-refractivity contribution in [3.05, 3.63) is 107 Å². The minimum absolute atomic E-state index is 0.0467. The van der Waals surface area contributed by atoms with Gasteiger partial charge in [0, 0.05) is 5.69 Å². The van der Waals surface area contributed by atoms with Crippen molar-refractivity contribution in [1.29, 1.82) is 0 Å². The number of amides is 1. The molecule has 0 aromatic heterocycles. The normalized spacial score (nSPS) is 15.4. The maximum atomic E-state index is 13.4. The molecule has 3 aromatic rings. The van der Waals surface area contributed by atoms with Crippen LogP contribution in [0.1, 0.15) is 27.5 Å². The molecule has 0 aliphatic carbocycles. The molecule has 0 saturated carbocycles. The molecule has 1 heterocycles. The summed E-state index contributed by atoms with van der Waals surface area (Å²) in [6.45, 7) is 0. The monoisotopic (exact) mass is 485 g/mol. The first kappa shape index (κ1) is 24.3. The molecule has 0 unspecified atom stereocenters. The van der Waals surface area contributed by atoms with E-state index in [2.05, 4.69) is 0 Å². The molecule has 0 saturated heterocycles. The number of anilines is 1. The first-order valence-corrected chi connectivity index (χ1v) is 10.9. The van der Waals surface area contributed by atoms with Gasteiger partial charge in [0.05, 0.1) is 31.4 Å². The molecule has 8 heteroatoms. The third-order valence-corrected chi connectivity index (χ3v) is 5.79. The second-order valence-electron chi connectivity index (χ2n) is 7.92. The van der Waals surface area contributed by atoms with Crippen LogP contribution in [0.5, 0.6) is 11.5 Å². The Bertz CT molecular complexity index is 1390. The molecule has 1 aliphatic heterocycles. The van der Waals surface area contributed by atoms with Gasteiger partial charge in [-0.15, -0.1) is 0 Å². The van der Waals surface area contributed by atoms with Crippen LogP contribution in [0.15, 0.2) is 90.2 Å². The van der Waals surface area contributed by atoms with Gasteiger partial charge in [-0.05, 0) is 47.5 Å². The summed E-state index contributed by atoms with van der Waals surface area (Å²) in [5.41, 5.74) is 1.25. The number of methoxy groups -OCH3 is 2. The highest BCUT2D eigenvalue weighted by molar-refractivity contribution is 6.20. The van der Waals surface area contributed by atoms with E-state index in [1.807, 2.05) is 30.3 Å². The number of aliphatic hydroxyl groups excluding tert-OH is 1. The number of ketones is 1. The molecule has 0 radical (unpaired) electrons. The standard InChI is InChI=1S/C28H23NO7/c1-35-22-14-12-18(16-23(22)36-2)25-24(21(30)13-11-17-7-4-3-5-8-17)26(31)27(32)29(25)20-10-6-9-19(15-20)28(33)34/h3-16,25,31H,1-2H3,(H,33,34)/b13-11+/t25-/m1/s1. The summed E-state index contributed by atoms with van der Waals surface area (Å²) in [6, 6.07) is 18.7. The lowest BCUT2D eigenvalue weighted by Crippen LogP contribution is -2.31. The van der Waals surface area contributed by atoms with E-state index in [1.165, 1.54) is 43.4 Å². The zero-order valence-electron chi connectivity index (χ0n) is 19.5. The molecule has 3 aromatic carbocycles. The van der Waals surface area contributed by atoms with Crippen molar-refractivity contribution in [2.75, 3.05) is 19.1 Å². The number of carboxylic acid groups (broad SMARTS) is 1. The van der Waals surface area contributed by atoms with Gasteiger partial charge in [0.1, 0.15) is 0 Å². The largest absolute Gasteiger partial charge is 0.503 e. The van der Waals surface area contributed by atoms with Crippen LogP contribution < -0.4 is 14.4 Å². The predicted molar refractivity (Wildman–Crippen MR) is 133 cm³/mol. The van der Waals surface area contributed by atoms with E-state index in [9.17, 15) is 24.6 Å². The van der Waals surface area contributed by atoms with Crippen molar-refractivity contribution < 1.29 is 34.1 Å². The number of hydrogen-bond donors (Lipinski definition) is 2. The Morgan fingerprint density at radius 1 is 0.917 bits per heavy atom. The highest BCUT2D eigenvalue weighted by atomic mass is 16.5. The van der Waals surface area contributed by atoms with Crippen LogP contribution in [-0.2, 0) is 9.59 Å². The number of carbonyl (C=O) groups excluding carboxylic acids is 2. The molecule has 0 fully saturated rings. The Morgan fingerprint density at radius 3 is 2.31 bits per heavy atom. The molecule has 182 valence electrons. The number of allylic oxidation sites excluding steroid dienone is 1. The van der Waals surface area contributed by atoms with Crippen LogP contribution in [0.2, 0.25) is 0 Å². The molecule has 1 aliphatic rings. The number of aromatic carboxylic acids is 1. The molecule has 1 amide bonds. The number of nitrogens with zero attached hydrogens (tertiary/aromatic N) is 1. The Labute approximate surface area is 207 Å². The SMILES string of the molecule is COc1ccc([C@@H]2C(C(=O)/C=C/c3ccccc3)=C(O)C(=O)N2c2cccc(C(=O)O)c2)cc1OC. The van der Waals surface area contributed by atoms with E-state index in [0.717, 1.165) is 5.56 Å². The zero-order chi connectivity index (χ0) is 25.8. The smallest absolute Gasteiger partial charge is 0.335 e. The van der Waals surface area contributed by atoms with E-state index >= 15 is 0 Å². The molecule has 36 heavy (non-hydrogen) atoms. The van der Waals surface area contributed by atoms with Crippen molar-refractivity contribution in [2.24, 2.45) is 0 Å². The number of aliphatic hydroxyl groups is 1. The van der Waals surface area contributed by atoms with Crippen molar-refractivity contribution in [3.8, 4) is 11.5 Å². The fraction of sp³-hybridized carbons (Fsp3) is 0.107. The molecule has 8 nitrogen and oxygen atoms in total. The maximum absolute atomic E-state index is 13.4. The summed E-state index contributed by atoms with van der Waals surface area (Å²) < 4.78 is 10.7. The third kappa shape index (κ3) is 4.56. The lowest BCUT2D eigenvalue weighted by atomic mass is 9.94. The van der Waals surface area contributed by atoms with Crippen molar-refractivity contribution in [1.82, 2.24) is 0 Å². The number of carboxylic acids is 1. The Balaban J connectivity index is 1.85. The summed E-state index contributed by atoms with van der Waals surface area (Å²) in [6.07, 6.45) is 2.88. The third-order valence-electron chi connectivity index (χ3n) is 5.79. The molecule has 4 rings (SSSR count). The van der Waals surface area contributed by atoms with Gasteiger partial charge in [0.15, 0.2) is 23.0 Å². The first-order chi connectivity index (χ1) is 17.3. The van der Waals surface area contributed by atoms with Crippen LogP contribution in [0.25, 0.3) is 6.08 Å². The minimum Gasteiger partial charge on any atom is -0.503 e. The van der Waals surface area contributed by atoms with Gasteiger partial charge in [0.2, 0.25) is 0 Å². The van der Waals surface area contributed by atoms with E-state index in [4.69, 9.17) is 9.47 Å². The average Bonchev–Trinajstić information content (AvgIpc) is 3.17. The summed E-state index contributed by atoms with van der Waals surface area (Å²) in [5, 5.41) is 20.3. The predicted octanol–water partition coefficient (Wildman–Crippen LogP) is 4.58. The molecular formula is C28H23NO7. The Hall–Kier alpha value is -4.85. The number of ether oxygens (including phenoxy) is 2. The van der Waals surface area contributed by atoms with Gasteiger partial charge in [0.25, 0.3) is 5.91 Å². The highest BCUT2D eigenvalue weighted by Crippen LogP contribution is 2.43. The molecule has 2 N–H and O–H groups in total. The number of rotatable bonds is 8. The van der Waals surface area contributed by atoms with E-state index in [0.29, 0.717) is 17.1 Å². The van der Waals surface area contributed by atoms with Gasteiger partial charge in [-0.1, -0.05) is 48.5 Å². The molecule has 0 bridgehead atoms. The highest BCUT2D eigenvalue weighted by Gasteiger charge is 2.44. The molecule has 1 atom stereocenters. The lowest BCUT2D eigenvalue weighted by molar-refractivity contribution is -0.117. The van der Waals surface area contributed by atoms with E-state index in [-0.39, 0.29) is 16.8 Å². The second-order valence-corrected chi connectivity index (χ2v) is 7.92. The number of benzene rings is 3. The zero-order valence-corrected chi connectivity index (χ0v) is 19.5. The first-order valence-electron chi connectivity index (χ1n) is 10.9. The van der Waals surface area contributed by atoms with Crippen LogP contribution >= 0.6 is 0 Å². The summed E-state index contributed by atoms with van der Waals surface area (Å²) in [4.78, 5) is 39.4. The molecule has 0 spiro atoms. The van der Waals surface area contributed by atoms with Gasteiger partial charge in [-0.3, -0.25) is 14.5 Å². The van der Waals surface area contributed by atoms with Crippen LogP contribution in [-0.4, -0.2) is 42.1 Å². The number of hydrogen-bond acceptors (Lipinski definition) is 6.